The maximum absolute atomic E-state index is 12.6. The SMILES string of the molecule is Cc1nc2ccccc2nc1OCCOc1ccc(C(=O)N[C@@H](Cc2ccc(Br)cc2)C(=O)O)cc1. The third-order valence-corrected chi connectivity index (χ3v) is 5.89. The van der Waals surface area contributed by atoms with Gasteiger partial charge >= 0.3 is 5.97 Å². The highest BCUT2D eigenvalue weighted by atomic mass is 79.9. The molecule has 0 fully saturated rings. The first kappa shape index (κ1) is 25.1. The number of hydrogen-bond acceptors (Lipinski definition) is 6. The molecule has 0 aliphatic heterocycles. The Bertz CT molecular complexity index is 1360. The van der Waals surface area contributed by atoms with Crippen LogP contribution in [0.4, 0.5) is 0 Å². The molecule has 0 bridgehead atoms. The topological polar surface area (TPSA) is 111 Å². The summed E-state index contributed by atoms with van der Waals surface area (Å²) in [4.78, 5) is 33.2. The molecule has 1 aromatic heterocycles. The van der Waals surface area contributed by atoms with Gasteiger partial charge in [0.25, 0.3) is 5.91 Å². The number of para-hydroxylation sites is 2. The Balaban J connectivity index is 1.28. The number of fused-ring (bicyclic) bond motifs is 1. The van der Waals surface area contributed by atoms with E-state index < -0.39 is 17.9 Å². The first-order valence-electron chi connectivity index (χ1n) is 11.3. The van der Waals surface area contributed by atoms with E-state index in [-0.39, 0.29) is 19.6 Å². The molecule has 1 amide bonds. The molecule has 36 heavy (non-hydrogen) atoms. The highest BCUT2D eigenvalue weighted by molar-refractivity contribution is 9.10. The van der Waals surface area contributed by atoms with E-state index in [0.717, 1.165) is 21.1 Å². The van der Waals surface area contributed by atoms with Crippen LogP contribution in [0.25, 0.3) is 11.0 Å². The number of aromatic nitrogens is 2. The van der Waals surface area contributed by atoms with Crippen LogP contribution in [0.3, 0.4) is 0 Å². The van der Waals surface area contributed by atoms with Crippen LogP contribution in [-0.2, 0) is 11.2 Å². The molecule has 8 nitrogen and oxygen atoms in total. The number of carbonyl (C=O) groups excluding carboxylic acids is 1. The minimum atomic E-state index is -1.10. The van der Waals surface area contributed by atoms with Gasteiger partial charge in [0.1, 0.15) is 30.7 Å². The predicted octanol–water partition coefficient (Wildman–Crippen LogP) is 4.58. The van der Waals surface area contributed by atoms with Crippen molar-refractivity contribution < 1.29 is 24.2 Å². The fourth-order valence-corrected chi connectivity index (χ4v) is 3.77. The van der Waals surface area contributed by atoms with Crippen LogP contribution in [-0.4, -0.2) is 46.2 Å². The minimum absolute atomic E-state index is 0.177. The number of hydrogen-bond donors (Lipinski definition) is 2. The number of benzene rings is 3. The van der Waals surface area contributed by atoms with E-state index in [2.05, 4.69) is 31.2 Å². The minimum Gasteiger partial charge on any atom is -0.490 e. The molecule has 0 unspecified atom stereocenters. The molecule has 0 saturated heterocycles. The van der Waals surface area contributed by atoms with E-state index in [0.29, 0.717) is 22.9 Å². The van der Waals surface area contributed by atoms with Crippen molar-refractivity contribution in [1.82, 2.24) is 15.3 Å². The summed E-state index contributed by atoms with van der Waals surface area (Å²) in [6.07, 6.45) is 0.177. The van der Waals surface area contributed by atoms with Crippen molar-refractivity contribution in [1.29, 1.82) is 0 Å². The largest absolute Gasteiger partial charge is 0.490 e. The molecule has 9 heteroatoms. The summed E-state index contributed by atoms with van der Waals surface area (Å²) in [5.41, 5.74) is 3.41. The summed E-state index contributed by atoms with van der Waals surface area (Å²) in [6, 6.07) is 20.3. The molecule has 0 saturated carbocycles. The van der Waals surface area contributed by atoms with E-state index in [1.807, 2.05) is 55.5 Å². The Morgan fingerprint density at radius 2 is 1.56 bits per heavy atom. The Labute approximate surface area is 216 Å². The average molecular weight is 550 g/mol. The van der Waals surface area contributed by atoms with Gasteiger partial charge in [0.05, 0.1) is 11.0 Å². The third-order valence-electron chi connectivity index (χ3n) is 5.37. The van der Waals surface area contributed by atoms with Gasteiger partial charge in [0.2, 0.25) is 5.88 Å². The standard InChI is InChI=1S/C27H24BrN3O5/c1-17-26(31-23-5-3-2-4-22(23)29-17)36-15-14-35-21-12-8-19(9-13-21)25(32)30-24(27(33)34)16-18-6-10-20(28)11-7-18/h2-13,24H,14-16H2,1H3,(H,30,32)(H,33,34)/t24-/m0/s1. The molecular formula is C27H24BrN3O5. The average Bonchev–Trinajstić information content (AvgIpc) is 2.88. The van der Waals surface area contributed by atoms with E-state index in [1.54, 1.807) is 24.3 Å². The number of nitrogens with zero attached hydrogens (tertiary/aromatic N) is 2. The zero-order chi connectivity index (χ0) is 25.5. The third kappa shape index (κ3) is 6.57. The van der Waals surface area contributed by atoms with Crippen LogP contribution < -0.4 is 14.8 Å². The van der Waals surface area contributed by atoms with Crippen LogP contribution in [0, 0.1) is 6.92 Å². The number of carboxylic acids is 1. The van der Waals surface area contributed by atoms with Gasteiger partial charge in [-0.3, -0.25) is 4.79 Å². The number of ether oxygens (including phenoxy) is 2. The number of rotatable bonds is 10. The Morgan fingerprint density at radius 3 is 2.22 bits per heavy atom. The summed E-state index contributed by atoms with van der Waals surface area (Å²) in [7, 11) is 0. The van der Waals surface area contributed by atoms with Gasteiger partial charge in [-0.05, 0) is 61.0 Å². The highest BCUT2D eigenvalue weighted by Gasteiger charge is 2.21. The van der Waals surface area contributed by atoms with Crippen molar-refractivity contribution in [3.63, 3.8) is 0 Å². The van der Waals surface area contributed by atoms with E-state index >= 15 is 0 Å². The van der Waals surface area contributed by atoms with Crippen molar-refractivity contribution in [2.75, 3.05) is 13.2 Å². The second-order valence-electron chi connectivity index (χ2n) is 8.02. The number of nitrogens with one attached hydrogen (secondary N) is 1. The number of halogens is 1. The summed E-state index contributed by atoms with van der Waals surface area (Å²) >= 11 is 3.35. The zero-order valence-corrected chi connectivity index (χ0v) is 21.1. The second-order valence-corrected chi connectivity index (χ2v) is 8.93. The number of aliphatic carboxylic acids is 1. The molecule has 3 aromatic carbocycles. The van der Waals surface area contributed by atoms with Crippen molar-refractivity contribution in [2.24, 2.45) is 0 Å². The van der Waals surface area contributed by atoms with Crippen LogP contribution >= 0.6 is 15.9 Å². The van der Waals surface area contributed by atoms with Crippen LogP contribution in [0.2, 0.25) is 0 Å². The van der Waals surface area contributed by atoms with Gasteiger partial charge in [0, 0.05) is 16.5 Å². The monoisotopic (exact) mass is 549 g/mol. The quantitative estimate of drug-likeness (QED) is 0.278. The molecule has 0 spiro atoms. The first-order valence-corrected chi connectivity index (χ1v) is 12.1. The predicted molar refractivity (Wildman–Crippen MR) is 138 cm³/mol. The molecule has 4 rings (SSSR count). The number of amides is 1. The number of carbonyl (C=O) groups is 2. The van der Waals surface area contributed by atoms with E-state index in [4.69, 9.17) is 9.47 Å². The van der Waals surface area contributed by atoms with Gasteiger partial charge in [-0.15, -0.1) is 0 Å². The molecular weight excluding hydrogens is 526 g/mol. The lowest BCUT2D eigenvalue weighted by Gasteiger charge is -2.15. The van der Waals surface area contributed by atoms with Crippen LogP contribution in [0.1, 0.15) is 21.6 Å². The highest BCUT2D eigenvalue weighted by Crippen LogP contribution is 2.18. The molecule has 0 aliphatic rings. The Morgan fingerprint density at radius 1 is 0.917 bits per heavy atom. The van der Waals surface area contributed by atoms with Crippen LogP contribution in [0.5, 0.6) is 11.6 Å². The summed E-state index contributed by atoms with van der Waals surface area (Å²) in [5, 5.41) is 12.1. The molecule has 2 N–H and O–H groups in total. The molecule has 1 atom stereocenters. The molecule has 1 heterocycles. The lowest BCUT2D eigenvalue weighted by Crippen LogP contribution is -2.42. The van der Waals surface area contributed by atoms with Gasteiger partial charge in [-0.2, -0.15) is 0 Å². The van der Waals surface area contributed by atoms with Crippen LogP contribution in [0.15, 0.2) is 77.3 Å². The Kier molecular flexibility index (Phi) is 8.12. The number of aryl methyl sites for hydroxylation is 1. The summed E-state index contributed by atoms with van der Waals surface area (Å²) < 4.78 is 12.3. The zero-order valence-electron chi connectivity index (χ0n) is 19.5. The lowest BCUT2D eigenvalue weighted by atomic mass is 10.1. The summed E-state index contributed by atoms with van der Waals surface area (Å²) in [5.74, 6) is -0.557. The van der Waals surface area contributed by atoms with E-state index in [1.165, 1.54) is 0 Å². The molecule has 184 valence electrons. The van der Waals surface area contributed by atoms with Gasteiger partial charge in [-0.25, -0.2) is 14.8 Å². The van der Waals surface area contributed by atoms with Crippen molar-refractivity contribution in [3.05, 3.63) is 94.1 Å². The van der Waals surface area contributed by atoms with Gasteiger partial charge < -0.3 is 19.9 Å². The normalized spacial score (nSPS) is 11.6. The molecule has 0 radical (unpaired) electrons. The molecule has 4 aromatic rings. The van der Waals surface area contributed by atoms with Crippen molar-refractivity contribution in [2.45, 2.75) is 19.4 Å². The Hall–Kier alpha value is -3.98. The molecule has 0 aliphatic carbocycles. The fourth-order valence-electron chi connectivity index (χ4n) is 3.51. The maximum atomic E-state index is 12.6. The first-order chi connectivity index (χ1) is 17.4. The summed E-state index contributed by atoms with van der Waals surface area (Å²) in [6.45, 7) is 2.38. The van der Waals surface area contributed by atoms with E-state index in [9.17, 15) is 14.7 Å². The van der Waals surface area contributed by atoms with Crippen molar-refractivity contribution in [3.8, 4) is 11.6 Å². The van der Waals surface area contributed by atoms with Crippen molar-refractivity contribution >= 4 is 38.8 Å². The maximum Gasteiger partial charge on any atom is 0.326 e. The fraction of sp³-hybridized carbons (Fsp3) is 0.185. The smallest absolute Gasteiger partial charge is 0.326 e. The second kappa shape index (κ2) is 11.6. The van der Waals surface area contributed by atoms with Gasteiger partial charge in [0.15, 0.2) is 0 Å². The lowest BCUT2D eigenvalue weighted by molar-refractivity contribution is -0.139. The number of carboxylic acid groups (broad SMARTS) is 1. The van der Waals surface area contributed by atoms with Gasteiger partial charge in [-0.1, -0.05) is 40.2 Å².